The van der Waals surface area contributed by atoms with E-state index in [2.05, 4.69) is 95.2 Å². The van der Waals surface area contributed by atoms with Gasteiger partial charge in [-0.3, -0.25) is 19.2 Å². The summed E-state index contributed by atoms with van der Waals surface area (Å²) in [5.41, 5.74) is 10.1. The number of amides is 4. The zero-order chi connectivity index (χ0) is 59.8. The summed E-state index contributed by atoms with van der Waals surface area (Å²) >= 11 is 0. The number of alkyl carbamates (subject to hydrolysis) is 1. The summed E-state index contributed by atoms with van der Waals surface area (Å²) in [6.45, 7) is 35.7. The molecule has 18 heteroatoms. The van der Waals surface area contributed by atoms with E-state index in [0.717, 1.165) is 42.4 Å². The van der Waals surface area contributed by atoms with Gasteiger partial charge in [-0.15, -0.1) is 0 Å². The van der Waals surface area contributed by atoms with E-state index in [9.17, 15) is 34.2 Å². The summed E-state index contributed by atoms with van der Waals surface area (Å²) in [6, 6.07) is 17.5. The molecule has 77 heavy (non-hydrogen) atoms. The lowest BCUT2D eigenvalue weighted by molar-refractivity contribution is -0.193. The number of anilines is 2. The van der Waals surface area contributed by atoms with Crippen LogP contribution in [0.4, 0.5) is 16.2 Å². The minimum absolute atomic E-state index is 0.0301. The molecule has 3 aromatic rings. The maximum Gasteiger partial charge on any atom is 0.408 e. The quantitative estimate of drug-likeness (QED) is 0.0386. The molecule has 3 aromatic carbocycles. The molecule has 4 amide bonds. The number of aromatic hydroxyl groups is 2. The first kappa shape index (κ1) is 72.2. The normalized spacial score (nSPS) is 13.5. The van der Waals surface area contributed by atoms with Crippen LogP contribution in [0.5, 0.6) is 11.5 Å². The van der Waals surface area contributed by atoms with Gasteiger partial charge in [-0.25, -0.2) is 4.79 Å². The van der Waals surface area contributed by atoms with E-state index in [4.69, 9.17) is 29.6 Å². The highest BCUT2D eigenvalue weighted by Gasteiger charge is 2.29. The predicted octanol–water partition coefficient (Wildman–Crippen LogP) is 10.0. The Morgan fingerprint density at radius 2 is 1.01 bits per heavy atom. The standard InChI is InChI=1S/C32H47N3O5.C21H36N2O2.C4H8O2.2CO2/c1-20(2)28(35-29(37)23(5)33-31(39)40-19-24-12-10-9-11-13-24)30(38)34-26-18-25(14-15-27(26)36)17-21(3)16-22(4)32(6,7)8;1-13(2)19(22)20(25)23-17-12-16(8-9-18(17)24)11-14(3)10-15(4)21(5,6)7;1-4(2)6-3-5;2*2-1-3/h9-15,18,20-23,28,36H,16-17,19H2,1-8H3,(H,33,39)(H,34,38)(H,35,37);8-9,12-15,19,24H,10-11,22H2,1-7H3,(H,23,25);3-4H,1-2H3;;/t21-,22?,23?,28?;14-,15?,19?;;;/m11.../s1. The monoisotopic (exact) mass is 1080 g/mol. The summed E-state index contributed by atoms with van der Waals surface area (Å²) in [5.74, 6) is 0.723. The van der Waals surface area contributed by atoms with Crippen LogP contribution in [-0.4, -0.2) is 77.0 Å². The molecule has 0 aliphatic heterocycles. The molecular formula is C59H91N5O13. The van der Waals surface area contributed by atoms with Crippen LogP contribution in [0.15, 0.2) is 66.7 Å². The molecule has 0 radical (unpaired) electrons. The first-order chi connectivity index (χ1) is 35.7. The van der Waals surface area contributed by atoms with Crippen LogP contribution in [0.1, 0.15) is 147 Å². The van der Waals surface area contributed by atoms with Gasteiger partial charge in [-0.2, -0.15) is 19.2 Å². The summed E-state index contributed by atoms with van der Waals surface area (Å²) in [6.07, 6.45) is 3.74. The van der Waals surface area contributed by atoms with Crippen molar-refractivity contribution in [2.45, 2.75) is 174 Å². The molecule has 0 fully saturated rings. The fraction of sp³-hybridized carbons (Fsp3) is 0.576. The molecule has 0 aromatic heterocycles. The third kappa shape index (κ3) is 31.7. The van der Waals surface area contributed by atoms with Gasteiger partial charge in [0.05, 0.1) is 23.5 Å². The van der Waals surface area contributed by atoms with E-state index in [0.29, 0.717) is 46.9 Å². The van der Waals surface area contributed by atoms with E-state index in [-0.39, 0.29) is 59.7 Å². The van der Waals surface area contributed by atoms with E-state index >= 15 is 0 Å². The van der Waals surface area contributed by atoms with E-state index < -0.39 is 36.0 Å². The van der Waals surface area contributed by atoms with Crippen molar-refractivity contribution in [3.8, 4) is 11.5 Å². The molecule has 7 atom stereocenters. The zero-order valence-corrected chi connectivity index (χ0v) is 48.7. The van der Waals surface area contributed by atoms with Gasteiger partial charge in [-0.1, -0.05) is 139 Å². The number of benzene rings is 3. The Labute approximate surface area is 457 Å². The maximum atomic E-state index is 13.2. The van der Waals surface area contributed by atoms with Crippen molar-refractivity contribution in [1.29, 1.82) is 0 Å². The number of carbonyl (C=O) groups excluding carboxylic acids is 9. The predicted molar refractivity (Wildman–Crippen MR) is 297 cm³/mol. The number of nitrogens with one attached hydrogen (secondary N) is 4. The highest BCUT2D eigenvalue weighted by atomic mass is 16.5. The number of ether oxygens (including phenoxy) is 2. The van der Waals surface area contributed by atoms with Gasteiger partial charge in [0.1, 0.15) is 30.2 Å². The van der Waals surface area contributed by atoms with Crippen LogP contribution in [0.2, 0.25) is 0 Å². The molecule has 0 spiro atoms. The third-order valence-corrected chi connectivity index (χ3v) is 12.8. The molecule has 18 nitrogen and oxygen atoms in total. The molecular weight excluding hydrogens is 987 g/mol. The average Bonchev–Trinajstić information content (AvgIpc) is 3.32. The molecule has 5 unspecified atom stereocenters. The minimum Gasteiger partial charge on any atom is -0.506 e. The van der Waals surface area contributed by atoms with Crippen molar-refractivity contribution in [3.63, 3.8) is 0 Å². The van der Waals surface area contributed by atoms with Gasteiger partial charge in [0.25, 0.3) is 6.47 Å². The zero-order valence-electron chi connectivity index (χ0n) is 48.7. The van der Waals surface area contributed by atoms with Crippen LogP contribution in [0, 0.1) is 46.3 Å². The van der Waals surface area contributed by atoms with Gasteiger partial charge in [0.15, 0.2) is 0 Å². The van der Waals surface area contributed by atoms with E-state index in [1.807, 2.05) is 76.2 Å². The summed E-state index contributed by atoms with van der Waals surface area (Å²) in [7, 11) is 0. The SMILES string of the molecule is CC(C)C(N)C(=O)Nc1cc(C[C@H](C)CC(C)C(C)(C)C)ccc1O.CC(C)OC=O.CC(NC(=O)OCc1ccccc1)C(=O)NC(C(=O)Nc1cc(C[C@H](C)CC(C)C(C)(C)C)ccc1O)C(C)C.O=C=O.O=C=O. The van der Waals surface area contributed by atoms with Crippen LogP contribution in [0.25, 0.3) is 0 Å². The van der Waals surface area contributed by atoms with Gasteiger partial charge < -0.3 is 46.7 Å². The largest absolute Gasteiger partial charge is 0.506 e. The Balaban J connectivity index is 0. The molecule has 0 saturated carbocycles. The lowest BCUT2D eigenvalue weighted by Gasteiger charge is -2.29. The number of phenols is 2. The van der Waals surface area contributed by atoms with Crippen molar-refractivity contribution in [2.24, 2.45) is 52.1 Å². The topological polar surface area (TPSA) is 287 Å². The van der Waals surface area contributed by atoms with E-state index in [1.54, 1.807) is 32.0 Å². The Morgan fingerprint density at radius 1 is 0.597 bits per heavy atom. The molecule has 8 N–H and O–H groups in total. The highest BCUT2D eigenvalue weighted by molar-refractivity contribution is 5.99. The lowest BCUT2D eigenvalue weighted by atomic mass is 9.76. The van der Waals surface area contributed by atoms with Crippen LogP contribution in [0.3, 0.4) is 0 Å². The number of phenolic OH excluding ortho intramolecular Hbond substituents is 2. The molecule has 0 heterocycles. The number of hydrogen-bond donors (Lipinski definition) is 7. The number of rotatable bonds is 21. The Morgan fingerprint density at radius 3 is 1.36 bits per heavy atom. The average molecular weight is 1080 g/mol. The maximum absolute atomic E-state index is 13.2. The molecule has 0 aliphatic rings. The first-order valence-electron chi connectivity index (χ1n) is 26.0. The second-order valence-corrected chi connectivity index (χ2v) is 22.7. The van der Waals surface area contributed by atoms with E-state index in [1.165, 1.54) is 6.92 Å². The Kier molecular flexibility index (Phi) is 34.7. The fourth-order valence-electron chi connectivity index (χ4n) is 7.17. The smallest absolute Gasteiger partial charge is 0.408 e. The molecule has 0 aliphatic carbocycles. The van der Waals surface area contributed by atoms with Gasteiger partial charge >= 0.3 is 18.4 Å². The van der Waals surface area contributed by atoms with Crippen LogP contribution < -0.4 is 27.0 Å². The van der Waals surface area contributed by atoms with Crippen molar-refractivity contribution >= 4 is 54.0 Å². The van der Waals surface area contributed by atoms with Crippen molar-refractivity contribution in [2.75, 3.05) is 10.6 Å². The summed E-state index contributed by atoms with van der Waals surface area (Å²) < 4.78 is 9.54. The minimum atomic E-state index is -0.925. The lowest BCUT2D eigenvalue weighted by Crippen LogP contribution is -2.53. The fourth-order valence-corrected chi connectivity index (χ4v) is 7.17. The highest BCUT2D eigenvalue weighted by Crippen LogP contribution is 2.34. The first-order valence-corrected chi connectivity index (χ1v) is 26.0. The van der Waals surface area contributed by atoms with Crippen molar-refractivity contribution in [1.82, 2.24) is 10.6 Å². The van der Waals surface area contributed by atoms with Gasteiger partial charge in [0, 0.05) is 0 Å². The summed E-state index contributed by atoms with van der Waals surface area (Å²) in [4.78, 5) is 92.2. The number of hydrogen-bond acceptors (Lipinski definition) is 14. The van der Waals surface area contributed by atoms with Gasteiger partial charge in [-0.05, 0) is 134 Å². The Bertz CT molecular complexity index is 2280. The molecule has 430 valence electrons. The number of nitrogens with two attached hydrogens (primary N) is 1. The second-order valence-electron chi connectivity index (χ2n) is 22.7. The number of carbonyl (C=O) groups is 5. The Hall–Kier alpha value is -6.87. The van der Waals surface area contributed by atoms with Gasteiger partial charge in [0.2, 0.25) is 17.7 Å². The molecule has 0 saturated heterocycles. The van der Waals surface area contributed by atoms with Crippen molar-refractivity contribution in [3.05, 3.63) is 83.4 Å². The summed E-state index contributed by atoms with van der Waals surface area (Å²) in [5, 5.41) is 31.2. The van der Waals surface area contributed by atoms with Crippen molar-refractivity contribution < 1.29 is 62.8 Å². The molecule has 3 rings (SSSR count). The molecule has 0 bridgehead atoms. The van der Waals surface area contributed by atoms with Crippen LogP contribution in [-0.2, 0) is 67.3 Å². The third-order valence-electron chi connectivity index (χ3n) is 12.8. The second kappa shape index (κ2) is 37.0. The van der Waals surface area contributed by atoms with Crippen LogP contribution >= 0.6 is 0 Å².